The smallest absolute Gasteiger partial charge is 0.152 e. The number of ether oxygens (including phenoxy) is 1. The molecule has 0 aliphatic carbocycles. The van der Waals surface area contributed by atoms with Gasteiger partial charge in [0.05, 0.1) is 9.50 Å². The molecule has 0 fully saturated rings. The lowest BCUT2D eigenvalue weighted by Crippen LogP contribution is -1.96. The van der Waals surface area contributed by atoms with E-state index in [2.05, 4.69) is 31.9 Å². The Labute approximate surface area is 122 Å². The molecule has 0 saturated heterocycles. The summed E-state index contributed by atoms with van der Waals surface area (Å²) in [6, 6.07) is 13.7. The summed E-state index contributed by atoms with van der Waals surface area (Å²) in [6.45, 7) is 0.501. The summed E-state index contributed by atoms with van der Waals surface area (Å²) in [5.74, 6) is 0.665. The van der Waals surface area contributed by atoms with Gasteiger partial charge in [0.15, 0.2) is 5.75 Å². The molecule has 1 nitrogen and oxygen atoms in total. The van der Waals surface area contributed by atoms with Crippen LogP contribution in [0.2, 0.25) is 5.02 Å². The van der Waals surface area contributed by atoms with E-state index in [1.165, 1.54) is 0 Å². The average molecular weight is 376 g/mol. The fourth-order valence-corrected chi connectivity index (χ4v) is 3.26. The van der Waals surface area contributed by atoms with Crippen LogP contribution in [0.25, 0.3) is 0 Å². The molecule has 88 valence electrons. The van der Waals surface area contributed by atoms with E-state index in [0.717, 1.165) is 14.5 Å². The zero-order valence-corrected chi connectivity index (χ0v) is 12.7. The maximum absolute atomic E-state index is 6.12. The molecule has 0 spiro atoms. The lowest BCUT2D eigenvalue weighted by molar-refractivity contribution is 0.304. The Hall–Kier alpha value is -0.510. The van der Waals surface area contributed by atoms with E-state index in [1.807, 2.05) is 42.5 Å². The van der Waals surface area contributed by atoms with E-state index in [9.17, 15) is 0 Å². The van der Waals surface area contributed by atoms with Gasteiger partial charge in [-0.15, -0.1) is 0 Å². The van der Waals surface area contributed by atoms with Crippen molar-refractivity contribution in [2.24, 2.45) is 0 Å². The van der Waals surface area contributed by atoms with E-state index in [-0.39, 0.29) is 0 Å². The van der Waals surface area contributed by atoms with Crippen molar-refractivity contribution in [3.05, 3.63) is 62.0 Å². The minimum absolute atomic E-state index is 0.501. The van der Waals surface area contributed by atoms with Gasteiger partial charge >= 0.3 is 0 Å². The van der Waals surface area contributed by atoms with Crippen LogP contribution in [0.5, 0.6) is 5.75 Å². The summed E-state index contributed by atoms with van der Waals surface area (Å²) in [5.41, 5.74) is 1.11. The predicted molar refractivity (Wildman–Crippen MR) is 77.6 cm³/mol. The highest BCUT2D eigenvalue weighted by atomic mass is 79.9. The van der Waals surface area contributed by atoms with Gasteiger partial charge in [0, 0.05) is 4.47 Å². The van der Waals surface area contributed by atoms with Gasteiger partial charge in [0.2, 0.25) is 0 Å². The molecule has 2 aromatic rings. The van der Waals surface area contributed by atoms with Crippen LogP contribution in [0.15, 0.2) is 51.4 Å². The van der Waals surface area contributed by atoms with Crippen molar-refractivity contribution in [2.75, 3.05) is 0 Å². The molecule has 0 heterocycles. The Balaban J connectivity index is 2.15. The van der Waals surface area contributed by atoms with Crippen LogP contribution in [0, 0.1) is 0 Å². The van der Waals surface area contributed by atoms with E-state index in [0.29, 0.717) is 17.4 Å². The topological polar surface area (TPSA) is 9.23 Å². The summed E-state index contributed by atoms with van der Waals surface area (Å²) in [6.07, 6.45) is 0. The zero-order chi connectivity index (χ0) is 12.3. The summed E-state index contributed by atoms with van der Waals surface area (Å²) in [5, 5.41) is 0.585. The van der Waals surface area contributed by atoms with E-state index in [4.69, 9.17) is 16.3 Å². The molecular formula is C13H9Br2ClO. The van der Waals surface area contributed by atoms with Crippen LogP contribution in [-0.2, 0) is 6.61 Å². The maximum Gasteiger partial charge on any atom is 0.152 e. The largest absolute Gasteiger partial charge is 0.486 e. The number of halogens is 3. The first-order valence-corrected chi connectivity index (χ1v) is 6.94. The molecule has 2 aromatic carbocycles. The van der Waals surface area contributed by atoms with Gasteiger partial charge in [-0.1, -0.05) is 57.9 Å². The Morgan fingerprint density at radius 3 is 2.41 bits per heavy atom. The SMILES string of the molecule is Clc1cc(Br)cc(Br)c1OCc1ccccc1. The van der Waals surface area contributed by atoms with Crippen LogP contribution in [0.3, 0.4) is 0 Å². The molecule has 0 atom stereocenters. The fraction of sp³-hybridized carbons (Fsp3) is 0.0769. The lowest BCUT2D eigenvalue weighted by atomic mass is 10.2. The first kappa shape index (κ1) is 12.9. The van der Waals surface area contributed by atoms with Gasteiger partial charge in [-0.25, -0.2) is 0 Å². The molecule has 4 heteroatoms. The number of hydrogen-bond donors (Lipinski definition) is 0. The Morgan fingerprint density at radius 2 is 1.76 bits per heavy atom. The molecule has 17 heavy (non-hydrogen) atoms. The highest BCUT2D eigenvalue weighted by Crippen LogP contribution is 2.36. The molecule has 0 unspecified atom stereocenters. The van der Waals surface area contributed by atoms with Crippen LogP contribution in [0.4, 0.5) is 0 Å². The second kappa shape index (κ2) is 5.89. The molecule has 0 aliphatic heterocycles. The highest BCUT2D eigenvalue weighted by molar-refractivity contribution is 9.11. The summed E-state index contributed by atoms with van der Waals surface area (Å²) >= 11 is 12.9. The second-order valence-electron chi connectivity index (χ2n) is 3.47. The average Bonchev–Trinajstić information content (AvgIpc) is 2.29. The Bertz CT molecular complexity index is 491. The minimum Gasteiger partial charge on any atom is -0.486 e. The number of rotatable bonds is 3. The van der Waals surface area contributed by atoms with Crippen molar-refractivity contribution in [1.82, 2.24) is 0 Å². The summed E-state index contributed by atoms with van der Waals surface area (Å²) < 4.78 is 7.47. The Morgan fingerprint density at radius 1 is 1.06 bits per heavy atom. The van der Waals surface area contributed by atoms with Gasteiger partial charge in [0.25, 0.3) is 0 Å². The Kier molecular flexibility index (Phi) is 4.48. The van der Waals surface area contributed by atoms with E-state index >= 15 is 0 Å². The number of hydrogen-bond acceptors (Lipinski definition) is 1. The van der Waals surface area contributed by atoms with E-state index < -0.39 is 0 Å². The van der Waals surface area contributed by atoms with Crippen molar-refractivity contribution in [3.8, 4) is 5.75 Å². The monoisotopic (exact) mass is 374 g/mol. The van der Waals surface area contributed by atoms with Gasteiger partial charge < -0.3 is 4.74 Å². The molecule has 0 amide bonds. The van der Waals surface area contributed by atoms with Crippen LogP contribution in [-0.4, -0.2) is 0 Å². The van der Waals surface area contributed by atoms with Gasteiger partial charge in [-0.05, 0) is 33.6 Å². The molecule has 0 saturated carbocycles. The van der Waals surface area contributed by atoms with Crippen molar-refractivity contribution in [1.29, 1.82) is 0 Å². The first-order valence-electron chi connectivity index (χ1n) is 4.98. The lowest BCUT2D eigenvalue weighted by Gasteiger charge is -2.10. The van der Waals surface area contributed by atoms with E-state index in [1.54, 1.807) is 0 Å². The summed E-state index contributed by atoms with van der Waals surface area (Å²) in [4.78, 5) is 0. The molecular weight excluding hydrogens is 367 g/mol. The second-order valence-corrected chi connectivity index (χ2v) is 5.65. The molecule has 0 aromatic heterocycles. The normalized spacial score (nSPS) is 10.3. The first-order chi connectivity index (χ1) is 8.16. The van der Waals surface area contributed by atoms with Gasteiger partial charge in [-0.3, -0.25) is 0 Å². The standard InChI is InChI=1S/C13H9Br2ClO/c14-10-6-11(15)13(12(16)7-10)17-8-9-4-2-1-3-5-9/h1-7H,8H2. The van der Waals surface area contributed by atoms with Crippen molar-refractivity contribution < 1.29 is 4.74 Å². The van der Waals surface area contributed by atoms with Gasteiger partial charge in [0.1, 0.15) is 6.61 Å². The van der Waals surface area contributed by atoms with Crippen molar-refractivity contribution in [2.45, 2.75) is 6.61 Å². The van der Waals surface area contributed by atoms with Crippen LogP contribution in [0.1, 0.15) is 5.56 Å². The predicted octanol–water partition coefficient (Wildman–Crippen LogP) is 5.44. The van der Waals surface area contributed by atoms with Crippen LogP contribution < -0.4 is 4.74 Å². The van der Waals surface area contributed by atoms with Gasteiger partial charge in [-0.2, -0.15) is 0 Å². The van der Waals surface area contributed by atoms with Crippen LogP contribution >= 0.6 is 43.5 Å². The molecule has 0 N–H and O–H groups in total. The minimum atomic E-state index is 0.501. The maximum atomic E-state index is 6.12. The molecule has 2 rings (SSSR count). The van der Waals surface area contributed by atoms with Crippen molar-refractivity contribution >= 4 is 43.5 Å². The molecule has 0 radical (unpaired) electrons. The third-order valence-electron chi connectivity index (χ3n) is 2.19. The van der Waals surface area contributed by atoms with Crippen molar-refractivity contribution in [3.63, 3.8) is 0 Å². The third kappa shape index (κ3) is 3.47. The zero-order valence-electron chi connectivity index (χ0n) is 8.79. The highest BCUT2D eigenvalue weighted by Gasteiger charge is 2.08. The molecule has 0 bridgehead atoms. The number of benzene rings is 2. The summed E-state index contributed by atoms with van der Waals surface area (Å²) in [7, 11) is 0. The third-order valence-corrected chi connectivity index (χ3v) is 3.52. The fourth-order valence-electron chi connectivity index (χ4n) is 1.40. The quantitative estimate of drug-likeness (QED) is 0.693. The molecule has 0 aliphatic rings.